The molecule has 1 heterocycles. The van der Waals surface area contributed by atoms with Crippen LogP contribution >= 0.6 is 15.9 Å². The molecule has 0 aromatic heterocycles. The third-order valence-electron chi connectivity index (χ3n) is 3.57. The molecule has 4 nitrogen and oxygen atoms in total. The number of amides is 1. The minimum Gasteiger partial charge on any atom is -0.505 e. The minimum atomic E-state index is -0.205. The molecule has 0 saturated carbocycles. The van der Waals surface area contributed by atoms with Crippen LogP contribution in [0.2, 0.25) is 0 Å². The molecule has 2 aromatic rings. The van der Waals surface area contributed by atoms with Crippen molar-refractivity contribution in [2.24, 2.45) is 0 Å². The van der Waals surface area contributed by atoms with Gasteiger partial charge in [0.25, 0.3) is 5.91 Å². The standard InChI is InChI=1S/C16H15BrN2O2/c17-12-6-2-8-14(15(12)20)19-16(21)11-4-1-7-13-10(11)5-3-9-18-13/h1-2,4,6-8,18,20H,3,5,9H2,(H,19,21). The smallest absolute Gasteiger partial charge is 0.256 e. The number of hydrogen-bond donors (Lipinski definition) is 3. The van der Waals surface area contributed by atoms with Crippen molar-refractivity contribution in [3.05, 3.63) is 52.0 Å². The molecule has 0 radical (unpaired) electrons. The molecule has 0 atom stereocenters. The molecule has 108 valence electrons. The van der Waals surface area contributed by atoms with E-state index in [1.165, 1.54) is 0 Å². The fourth-order valence-electron chi connectivity index (χ4n) is 2.53. The van der Waals surface area contributed by atoms with E-state index in [0.717, 1.165) is 30.6 Å². The maximum absolute atomic E-state index is 12.5. The van der Waals surface area contributed by atoms with Gasteiger partial charge in [-0.05, 0) is 58.6 Å². The van der Waals surface area contributed by atoms with Crippen LogP contribution in [0.3, 0.4) is 0 Å². The Labute approximate surface area is 131 Å². The molecule has 3 rings (SSSR count). The van der Waals surface area contributed by atoms with E-state index in [1.807, 2.05) is 18.2 Å². The van der Waals surface area contributed by atoms with Crippen LogP contribution in [0.1, 0.15) is 22.3 Å². The van der Waals surface area contributed by atoms with Gasteiger partial charge in [-0.15, -0.1) is 0 Å². The number of phenolic OH excluding ortho intramolecular Hbond substituents is 1. The van der Waals surface area contributed by atoms with Crippen LogP contribution in [0.25, 0.3) is 0 Å². The third-order valence-corrected chi connectivity index (χ3v) is 4.21. The monoisotopic (exact) mass is 346 g/mol. The lowest BCUT2D eigenvalue weighted by Crippen LogP contribution is -2.19. The SMILES string of the molecule is O=C(Nc1cccc(Br)c1O)c1cccc2c1CCCN2. The molecule has 1 aliphatic heterocycles. The number of halogens is 1. The molecular weight excluding hydrogens is 332 g/mol. The molecule has 0 saturated heterocycles. The number of nitrogens with one attached hydrogen (secondary N) is 2. The van der Waals surface area contributed by atoms with Crippen molar-refractivity contribution in [3.8, 4) is 5.75 Å². The highest BCUT2D eigenvalue weighted by Crippen LogP contribution is 2.32. The molecule has 2 aromatic carbocycles. The molecule has 0 spiro atoms. The first-order chi connectivity index (χ1) is 10.2. The lowest BCUT2D eigenvalue weighted by Gasteiger charge is -2.20. The zero-order valence-electron chi connectivity index (χ0n) is 11.3. The highest BCUT2D eigenvalue weighted by Gasteiger charge is 2.18. The maximum atomic E-state index is 12.5. The van der Waals surface area contributed by atoms with Crippen LogP contribution in [0.15, 0.2) is 40.9 Å². The summed E-state index contributed by atoms with van der Waals surface area (Å²) >= 11 is 3.24. The topological polar surface area (TPSA) is 61.4 Å². The molecule has 0 aliphatic carbocycles. The molecule has 0 fully saturated rings. The number of anilines is 2. The maximum Gasteiger partial charge on any atom is 0.256 e. The number of carbonyl (C=O) groups excluding carboxylic acids is 1. The summed E-state index contributed by atoms with van der Waals surface area (Å²) in [5.74, 6) is -0.169. The second-order valence-corrected chi connectivity index (χ2v) is 5.81. The Morgan fingerprint density at radius 2 is 2.05 bits per heavy atom. The van der Waals surface area contributed by atoms with Crippen LogP contribution in [-0.4, -0.2) is 17.6 Å². The first-order valence-corrected chi connectivity index (χ1v) is 7.60. The predicted octanol–water partition coefficient (Wildman–Crippen LogP) is 3.77. The zero-order valence-corrected chi connectivity index (χ0v) is 12.9. The Hall–Kier alpha value is -2.01. The molecule has 0 bridgehead atoms. The van der Waals surface area contributed by atoms with Crippen molar-refractivity contribution in [2.45, 2.75) is 12.8 Å². The minimum absolute atomic E-state index is 0.0359. The zero-order chi connectivity index (χ0) is 14.8. The van der Waals surface area contributed by atoms with Crippen molar-refractivity contribution in [2.75, 3.05) is 17.2 Å². The van der Waals surface area contributed by atoms with Gasteiger partial charge in [-0.25, -0.2) is 0 Å². The van der Waals surface area contributed by atoms with Gasteiger partial charge in [-0.3, -0.25) is 4.79 Å². The lowest BCUT2D eigenvalue weighted by molar-refractivity contribution is 0.102. The summed E-state index contributed by atoms with van der Waals surface area (Å²) in [5, 5.41) is 16.0. The van der Waals surface area contributed by atoms with Gasteiger partial charge in [0.15, 0.2) is 5.75 Å². The van der Waals surface area contributed by atoms with Crippen molar-refractivity contribution in [3.63, 3.8) is 0 Å². The summed E-state index contributed by atoms with van der Waals surface area (Å²) in [6, 6.07) is 10.8. The summed E-state index contributed by atoms with van der Waals surface area (Å²) in [6.07, 6.45) is 1.90. The number of hydrogen-bond acceptors (Lipinski definition) is 3. The van der Waals surface area contributed by atoms with Crippen molar-refractivity contribution < 1.29 is 9.90 Å². The van der Waals surface area contributed by atoms with Crippen molar-refractivity contribution in [1.29, 1.82) is 0 Å². The Bertz CT molecular complexity index is 701. The number of benzene rings is 2. The van der Waals surface area contributed by atoms with Crippen LogP contribution in [-0.2, 0) is 6.42 Å². The van der Waals surface area contributed by atoms with E-state index in [0.29, 0.717) is 15.7 Å². The summed E-state index contributed by atoms with van der Waals surface area (Å²) in [7, 11) is 0. The fraction of sp³-hybridized carbons (Fsp3) is 0.188. The first kappa shape index (κ1) is 13.9. The van der Waals surface area contributed by atoms with Gasteiger partial charge >= 0.3 is 0 Å². The number of phenols is 1. The fourth-order valence-corrected chi connectivity index (χ4v) is 2.89. The highest BCUT2D eigenvalue weighted by atomic mass is 79.9. The first-order valence-electron chi connectivity index (χ1n) is 6.81. The van der Waals surface area contributed by atoms with E-state index < -0.39 is 0 Å². The van der Waals surface area contributed by atoms with Crippen LogP contribution in [0.4, 0.5) is 11.4 Å². The molecule has 1 amide bonds. The molecule has 21 heavy (non-hydrogen) atoms. The quantitative estimate of drug-likeness (QED) is 0.725. The van der Waals surface area contributed by atoms with E-state index in [2.05, 4.69) is 26.6 Å². The predicted molar refractivity (Wildman–Crippen MR) is 87.0 cm³/mol. The molecule has 3 N–H and O–H groups in total. The summed E-state index contributed by atoms with van der Waals surface area (Å²) in [6.45, 7) is 0.935. The van der Waals surface area contributed by atoms with Gasteiger partial charge in [0.1, 0.15) is 0 Å². The van der Waals surface area contributed by atoms with E-state index in [9.17, 15) is 9.90 Å². The van der Waals surface area contributed by atoms with Gasteiger partial charge in [-0.2, -0.15) is 0 Å². The number of fused-ring (bicyclic) bond motifs is 1. The molecule has 5 heteroatoms. The second kappa shape index (κ2) is 5.77. The highest BCUT2D eigenvalue weighted by molar-refractivity contribution is 9.10. The number of rotatable bonds is 2. The van der Waals surface area contributed by atoms with Crippen LogP contribution in [0, 0.1) is 0 Å². The third kappa shape index (κ3) is 2.74. The lowest BCUT2D eigenvalue weighted by atomic mass is 9.97. The van der Waals surface area contributed by atoms with E-state index in [-0.39, 0.29) is 11.7 Å². The Morgan fingerprint density at radius 3 is 2.90 bits per heavy atom. The summed E-state index contributed by atoms with van der Waals surface area (Å²) in [5.41, 5.74) is 3.11. The van der Waals surface area contributed by atoms with Crippen LogP contribution in [0.5, 0.6) is 5.75 Å². The van der Waals surface area contributed by atoms with Gasteiger partial charge in [0.05, 0.1) is 10.2 Å². The number of carbonyl (C=O) groups is 1. The number of aromatic hydroxyl groups is 1. The Morgan fingerprint density at radius 1 is 1.24 bits per heavy atom. The molecule has 1 aliphatic rings. The summed E-state index contributed by atoms with van der Waals surface area (Å²) in [4.78, 5) is 12.5. The van der Waals surface area contributed by atoms with E-state index in [4.69, 9.17) is 0 Å². The average molecular weight is 347 g/mol. The van der Waals surface area contributed by atoms with Gasteiger partial charge in [-0.1, -0.05) is 12.1 Å². The van der Waals surface area contributed by atoms with E-state index >= 15 is 0 Å². The molecular formula is C16H15BrN2O2. The largest absolute Gasteiger partial charge is 0.505 e. The van der Waals surface area contributed by atoms with E-state index in [1.54, 1.807) is 18.2 Å². The van der Waals surface area contributed by atoms with Gasteiger partial charge in [0, 0.05) is 17.8 Å². The Balaban J connectivity index is 1.91. The molecule has 0 unspecified atom stereocenters. The normalized spacial score (nSPS) is 13.2. The van der Waals surface area contributed by atoms with Gasteiger partial charge in [0.2, 0.25) is 0 Å². The van der Waals surface area contributed by atoms with Crippen molar-refractivity contribution in [1.82, 2.24) is 0 Å². The van der Waals surface area contributed by atoms with Gasteiger partial charge < -0.3 is 15.7 Å². The van der Waals surface area contributed by atoms with Crippen molar-refractivity contribution >= 4 is 33.2 Å². The summed E-state index contributed by atoms with van der Waals surface area (Å²) < 4.78 is 0.553. The second-order valence-electron chi connectivity index (χ2n) is 4.95. The number of para-hydroxylation sites is 1. The van der Waals surface area contributed by atoms with Crippen LogP contribution < -0.4 is 10.6 Å². The Kier molecular flexibility index (Phi) is 3.84. The average Bonchev–Trinajstić information content (AvgIpc) is 2.51.